The van der Waals surface area contributed by atoms with Gasteiger partial charge in [-0.1, -0.05) is 35.4 Å². The molecular weight excluding hydrogens is 329 g/mol. The van der Waals surface area contributed by atoms with E-state index >= 15 is 0 Å². The zero-order valence-corrected chi connectivity index (χ0v) is 13.6. The number of halogens is 2. The number of hydrogen-bond donors (Lipinski definition) is 1. The number of benzene rings is 2. The maximum atomic E-state index is 6.10. The van der Waals surface area contributed by atoms with Crippen molar-refractivity contribution in [1.82, 2.24) is 0 Å². The van der Waals surface area contributed by atoms with E-state index in [4.69, 9.17) is 50.6 Å². The normalized spacial score (nSPS) is 10.2. The molecule has 0 saturated carbocycles. The van der Waals surface area contributed by atoms with Crippen LogP contribution in [0.1, 0.15) is 11.1 Å². The highest BCUT2D eigenvalue weighted by molar-refractivity contribution is 7.80. The van der Waals surface area contributed by atoms with Gasteiger partial charge in [-0.3, -0.25) is 0 Å². The molecule has 3 nitrogen and oxygen atoms in total. The smallest absolute Gasteiger partial charge is 0.125 e. The van der Waals surface area contributed by atoms with E-state index < -0.39 is 0 Å². The molecule has 6 heteroatoms. The molecule has 0 bridgehead atoms. The van der Waals surface area contributed by atoms with Crippen molar-refractivity contribution < 1.29 is 9.47 Å². The molecule has 0 aliphatic heterocycles. The molecular formula is C15H13Cl2NO2S. The van der Waals surface area contributed by atoms with E-state index in [1.165, 1.54) is 0 Å². The lowest BCUT2D eigenvalue weighted by Gasteiger charge is -2.11. The Hall–Kier alpha value is -1.49. The number of methoxy groups -OCH3 is 1. The third kappa shape index (κ3) is 4.00. The van der Waals surface area contributed by atoms with E-state index in [0.717, 1.165) is 5.56 Å². The van der Waals surface area contributed by atoms with Crippen LogP contribution in [-0.2, 0) is 6.61 Å². The molecule has 2 rings (SSSR count). The fourth-order valence-electron chi connectivity index (χ4n) is 1.81. The van der Waals surface area contributed by atoms with Crippen LogP contribution in [0.2, 0.25) is 10.0 Å². The Morgan fingerprint density at radius 3 is 2.57 bits per heavy atom. The molecule has 0 aromatic heterocycles. The average Bonchev–Trinajstić information content (AvgIpc) is 2.45. The van der Waals surface area contributed by atoms with Crippen molar-refractivity contribution in [3.8, 4) is 11.5 Å². The predicted molar refractivity (Wildman–Crippen MR) is 89.7 cm³/mol. The van der Waals surface area contributed by atoms with Gasteiger partial charge in [-0.25, -0.2) is 0 Å². The van der Waals surface area contributed by atoms with Gasteiger partial charge in [-0.2, -0.15) is 0 Å². The van der Waals surface area contributed by atoms with Crippen LogP contribution in [0.4, 0.5) is 0 Å². The molecule has 0 amide bonds. The van der Waals surface area contributed by atoms with Crippen LogP contribution < -0.4 is 15.2 Å². The second-order valence-electron chi connectivity index (χ2n) is 4.25. The van der Waals surface area contributed by atoms with Crippen LogP contribution in [0.15, 0.2) is 36.4 Å². The van der Waals surface area contributed by atoms with Crippen molar-refractivity contribution in [2.45, 2.75) is 6.61 Å². The summed E-state index contributed by atoms with van der Waals surface area (Å²) in [5.41, 5.74) is 7.03. The van der Waals surface area contributed by atoms with Gasteiger partial charge in [0, 0.05) is 16.1 Å². The third-order valence-corrected chi connectivity index (χ3v) is 3.61. The number of rotatable bonds is 5. The van der Waals surface area contributed by atoms with Crippen LogP contribution in [0.25, 0.3) is 0 Å². The molecule has 2 aromatic rings. The van der Waals surface area contributed by atoms with Gasteiger partial charge in [-0.05, 0) is 36.4 Å². The molecule has 0 heterocycles. The topological polar surface area (TPSA) is 44.5 Å². The van der Waals surface area contributed by atoms with Crippen molar-refractivity contribution in [2.75, 3.05) is 7.11 Å². The highest BCUT2D eigenvalue weighted by Crippen LogP contribution is 2.26. The summed E-state index contributed by atoms with van der Waals surface area (Å²) in [6.45, 7) is 0.312. The molecule has 0 aliphatic rings. The van der Waals surface area contributed by atoms with Gasteiger partial charge in [0.25, 0.3) is 0 Å². The Balaban J connectivity index is 2.15. The molecule has 110 valence electrons. The Kier molecular flexibility index (Phi) is 5.28. The van der Waals surface area contributed by atoms with Gasteiger partial charge >= 0.3 is 0 Å². The monoisotopic (exact) mass is 341 g/mol. The summed E-state index contributed by atoms with van der Waals surface area (Å²) in [5, 5.41) is 1.08. The number of ether oxygens (including phenoxy) is 2. The molecule has 0 fully saturated rings. The Labute approximate surface area is 138 Å². The number of nitrogens with two attached hydrogens (primary N) is 1. The summed E-state index contributed by atoms with van der Waals surface area (Å²) < 4.78 is 11.0. The standard InChI is InChI=1S/C15H13Cl2NO2S/c1-19-14-5-2-10(16)6-9(14)8-20-11-3-4-12(15(18)21)13(17)7-11/h2-7H,8H2,1H3,(H2,18,21). The van der Waals surface area contributed by atoms with Gasteiger partial charge in [0.15, 0.2) is 0 Å². The van der Waals surface area contributed by atoms with E-state index in [0.29, 0.717) is 33.7 Å². The minimum Gasteiger partial charge on any atom is -0.496 e. The molecule has 0 spiro atoms. The Morgan fingerprint density at radius 2 is 1.95 bits per heavy atom. The van der Waals surface area contributed by atoms with Gasteiger partial charge in [0.2, 0.25) is 0 Å². The van der Waals surface area contributed by atoms with Crippen LogP contribution in [0, 0.1) is 0 Å². The largest absolute Gasteiger partial charge is 0.496 e. The molecule has 2 N–H and O–H groups in total. The van der Waals surface area contributed by atoms with E-state index in [1.807, 2.05) is 0 Å². The first-order chi connectivity index (χ1) is 10.0. The molecule has 0 aliphatic carbocycles. The molecule has 0 atom stereocenters. The van der Waals surface area contributed by atoms with Gasteiger partial charge in [-0.15, -0.1) is 0 Å². The van der Waals surface area contributed by atoms with E-state index in [2.05, 4.69) is 0 Å². The van der Waals surface area contributed by atoms with Crippen LogP contribution in [-0.4, -0.2) is 12.1 Å². The molecule has 0 saturated heterocycles. The van der Waals surface area contributed by atoms with E-state index in [9.17, 15) is 0 Å². The van der Waals surface area contributed by atoms with Crippen molar-refractivity contribution >= 4 is 40.4 Å². The fraction of sp³-hybridized carbons (Fsp3) is 0.133. The molecule has 2 aromatic carbocycles. The summed E-state index contributed by atoms with van der Waals surface area (Å²) in [4.78, 5) is 0.253. The zero-order valence-electron chi connectivity index (χ0n) is 11.2. The summed E-state index contributed by atoms with van der Waals surface area (Å²) in [5.74, 6) is 1.33. The average molecular weight is 342 g/mol. The predicted octanol–water partition coefficient (Wildman–Crippen LogP) is 4.22. The SMILES string of the molecule is COc1ccc(Cl)cc1COc1ccc(C(N)=S)c(Cl)c1. The summed E-state index contributed by atoms with van der Waals surface area (Å²) in [6.07, 6.45) is 0. The van der Waals surface area contributed by atoms with Crippen molar-refractivity contribution in [3.05, 3.63) is 57.6 Å². The summed E-state index contributed by atoms with van der Waals surface area (Å²) in [7, 11) is 1.60. The number of hydrogen-bond acceptors (Lipinski definition) is 3. The summed E-state index contributed by atoms with van der Waals surface area (Å²) in [6, 6.07) is 10.5. The minimum absolute atomic E-state index is 0.253. The van der Waals surface area contributed by atoms with Crippen LogP contribution >= 0.6 is 35.4 Å². The lowest BCUT2D eigenvalue weighted by molar-refractivity contribution is 0.296. The maximum absolute atomic E-state index is 6.10. The number of thiocarbonyl (C=S) groups is 1. The third-order valence-electron chi connectivity index (χ3n) is 2.84. The summed E-state index contributed by atoms with van der Waals surface area (Å²) >= 11 is 17.0. The lowest BCUT2D eigenvalue weighted by atomic mass is 10.2. The maximum Gasteiger partial charge on any atom is 0.125 e. The van der Waals surface area contributed by atoms with Crippen molar-refractivity contribution in [2.24, 2.45) is 5.73 Å². The first-order valence-corrected chi connectivity index (χ1v) is 7.22. The molecule has 21 heavy (non-hydrogen) atoms. The fourth-order valence-corrected chi connectivity index (χ4v) is 2.51. The van der Waals surface area contributed by atoms with Gasteiger partial charge in [0.1, 0.15) is 23.1 Å². The van der Waals surface area contributed by atoms with E-state index in [1.54, 1.807) is 43.5 Å². The molecule has 0 radical (unpaired) electrons. The highest BCUT2D eigenvalue weighted by Gasteiger charge is 2.08. The van der Waals surface area contributed by atoms with Gasteiger partial charge in [0.05, 0.1) is 12.1 Å². The first-order valence-electron chi connectivity index (χ1n) is 6.06. The van der Waals surface area contributed by atoms with Crippen LogP contribution in [0.5, 0.6) is 11.5 Å². The van der Waals surface area contributed by atoms with Crippen molar-refractivity contribution in [1.29, 1.82) is 0 Å². The second-order valence-corrected chi connectivity index (χ2v) is 5.53. The zero-order chi connectivity index (χ0) is 15.4. The quantitative estimate of drug-likeness (QED) is 0.827. The minimum atomic E-state index is 0.253. The van der Waals surface area contributed by atoms with Gasteiger partial charge < -0.3 is 15.2 Å². The molecule has 0 unspecified atom stereocenters. The lowest BCUT2D eigenvalue weighted by Crippen LogP contribution is -2.10. The second kappa shape index (κ2) is 6.98. The Morgan fingerprint density at radius 1 is 1.19 bits per heavy atom. The van der Waals surface area contributed by atoms with E-state index in [-0.39, 0.29) is 4.99 Å². The first kappa shape index (κ1) is 15.9. The van der Waals surface area contributed by atoms with Crippen LogP contribution in [0.3, 0.4) is 0 Å². The Bertz CT molecular complexity index is 677. The van der Waals surface area contributed by atoms with Crippen molar-refractivity contribution in [3.63, 3.8) is 0 Å². The highest BCUT2D eigenvalue weighted by atomic mass is 35.5.